The van der Waals surface area contributed by atoms with E-state index in [2.05, 4.69) is 5.32 Å². The molecule has 100 valence electrons. The number of carboxylic acids is 1. The van der Waals surface area contributed by atoms with E-state index >= 15 is 0 Å². The first-order valence-corrected chi connectivity index (χ1v) is 4.59. The van der Waals surface area contributed by atoms with Gasteiger partial charge in [0.25, 0.3) is 0 Å². The summed E-state index contributed by atoms with van der Waals surface area (Å²) in [6.45, 7) is 2.70. The number of nitrogens with one attached hydrogen (secondary N) is 1. The molecular weight excluding hydrogens is 273 g/mol. The van der Waals surface area contributed by atoms with Gasteiger partial charge in [-0.25, -0.2) is 0 Å². The van der Waals surface area contributed by atoms with E-state index in [-0.39, 0.29) is 67.2 Å². The average molecular weight is 295 g/mol. The summed E-state index contributed by atoms with van der Waals surface area (Å²) in [6, 6.07) is 0. The molecule has 0 saturated carbocycles. The molecular formula is C9H22CaNO5P. The molecule has 2 atom stereocenters. The summed E-state index contributed by atoms with van der Waals surface area (Å²) in [4.78, 5) is 21.4. The van der Waals surface area contributed by atoms with Gasteiger partial charge in [0.15, 0.2) is 0 Å². The van der Waals surface area contributed by atoms with E-state index in [4.69, 9.17) is 10.2 Å². The van der Waals surface area contributed by atoms with Gasteiger partial charge >= 0.3 is 43.7 Å². The first-order chi connectivity index (χ1) is 6.81. The Balaban J connectivity index is -0.000000980. The van der Waals surface area contributed by atoms with Gasteiger partial charge in [0, 0.05) is 12.0 Å². The van der Waals surface area contributed by atoms with Crippen molar-refractivity contribution in [2.45, 2.75) is 26.4 Å². The van der Waals surface area contributed by atoms with Gasteiger partial charge in [0.05, 0.1) is 13.0 Å². The normalized spacial score (nSPS) is 11.8. The van der Waals surface area contributed by atoms with Crippen LogP contribution in [0, 0.1) is 5.41 Å². The molecule has 8 heteroatoms. The molecule has 0 aliphatic rings. The van der Waals surface area contributed by atoms with Crippen molar-refractivity contribution >= 4 is 59.5 Å². The van der Waals surface area contributed by atoms with Crippen LogP contribution in [0.4, 0.5) is 0 Å². The van der Waals surface area contributed by atoms with Gasteiger partial charge in [-0.05, 0) is 0 Å². The standard InChI is InChI=1S/C9H17NO5.Ca.H3P.2H/c1-9(2,5-11)7(14)8(15)10-4-3-6(12)13;;;;/h7,11,14H,3-5H2,1-2H3,(H,10,15)(H,12,13);;1H3;;/t7-;;;;/m0..../s1. The van der Waals surface area contributed by atoms with E-state index in [0.29, 0.717) is 0 Å². The van der Waals surface area contributed by atoms with Crippen molar-refractivity contribution in [3.8, 4) is 0 Å². The fraction of sp³-hybridized carbons (Fsp3) is 0.778. The maximum atomic E-state index is 11.3. The summed E-state index contributed by atoms with van der Waals surface area (Å²) in [5.74, 6) is -1.69. The molecule has 0 spiro atoms. The number of aliphatic hydroxyl groups excluding tert-OH is 2. The number of aliphatic hydroxyl groups is 2. The molecule has 0 aliphatic carbocycles. The Labute approximate surface area is 134 Å². The quantitative estimate of drug-likeness (QED) is 0.338. The Kier molecular flexibility index (Phi) is 14.0. The van der Waals surface area contributed by atoms with Crippen molar-refractivity contribution in [1.29, 1.82) is 0 Å². The van der Waals surface area contributed by atoms with Crippen LogP contribution in [0.25, 0.3) is 0 Å². The molecule has 1 amide bonds. The van der Waals surface area contributed by atoms with E-state index in [1.54, 1.807) is 0 Å². The van der Waals surface area contributed by atoms with Gasteiger partial charge in [-0.15, -0.1) is 0 Å². The van der Waals surface area contributed by atoms with Crippen LogP contribution in [0.5, 0.6) is 0 Å². The van der Waals surface area contributed by atoms with Gasteiger partial charge < -0.3 is 20.6 Å². The van der Waals surface area contributed by atoms with Crippen molar-refractivity contribution in [2.75, 3.05) is 13.2 Å². The third kappa shape index (κ3) is 9.17. The van der Waals surface area contributed by atoms with Crippen molar-refractivity contribution in [1.82, 2.24) is 5.32 Å². The van der Waals surface area contributed by atoms with E-state index in [9.17, 15) is 14.7 Å². The van der Waals surface area contributed by atoms with Crippen LogP contribution in [0.2, 0.25) is 0 Å². The Morgan fingerprint density at radius 1 is 1.35 bits per heavy atom. The Hall–Kier alpha value is 0.550. The first kappa shape index (κ1) is 22.7. The minimum atomic E-state index is -1.35. The number of carbonyl (C=O) groups excluding carboxylic acids is 1. The molecule has 1 unspecified atom stereocenters. The van der Waals surface area contributed by atoms with E-state index < -0.39 is 23.4 Å². The summed E-state index contributed by atoms with van der Waals surface area (Å²) in [7, 11) is 0. The number of hydrogen-bond acceptors (Lipinski definition) is 4. The Morgan fingerprint density at radius 2 is 1.82 bits per heavy atom. The molecule has 0 heterocycles. The summed E-state index contributed by atoms with van der Waals surface area (Å²) in [5, 5.41) is 29.0. The average Bonchev–Trinajstić information content (AvgIpc) is 2.15. The van der Waals surface area contributed by atoms with Gasteiger partial charge in [-0.2, -0.15) is 9.90 Å². The zero-order chi connectivity index (χ0) is 12.1. The zero-order valence-corrected chi connectivity index (χ0v) is 11.0. The SMILES string of the molecule is CC(C)(CO)[C@@H](O)C(=O)NCCC(=O)O.P.[CaH2]. The van der Waals surface area contributed by atoms with Crippen LogP contribution in [-0.4, -0.2) is 84.2 Å². The summed E-state index contributed by atoms with van der Waals surface area (Å²) in [6.07, 6.45) is -1.55. The Bertz CT molecular complexity index is 250. The van der Waals surface area contributed by atoms with Gasteiger partial charge in [-0.3, -0.25) is 9.59 Å². The van der Waals surface area contributed by atoms with Crippen LogP contribution in [0.15, 0.2) is 0 Å². The maximum absolute atomic E-state index is 11.3. The fourth-order valence-corrected chi connectivity index (χ4v) is 0.831. The molecule has 0 aromatic carbocycles. The second-order valence-electron chi connectivity index (χ2n) is 3.98. The fourth-order valence-electron chi connectivity index (χ4n) is 0.831. The molecule has 0 aliphatic heterocycles. The third-order valence-electron chi connectivity index (χ3n) is 2.03. The predicted octanol–water partition coefficient (Wildman–Crippen LogP) is -1.90. The molecule has 0 aromatic heterocycles. The van der Waals surface area contributed by atoms with Crippen LogP contribution in [-0.2, 0) is 9.59 Å². The van der Waals surface area contributed by atoms with E-state index in [1.807, 2.05) is 0 Å². The topological polar surface area (TPSA) is 107 Å². The zero-order valence-electron chi connectivity index (χ0n) is 9.56. The van der Waals surface area contributed by atoms with Crippen LogP contribution < -0.4 is 5.32 Å². The molecule has 17 heavy (non-hydrogen) atoms. The number of carbonyl (C=O) groups is 2. The Morgan fingerprint density at radius 3 is 2.18 bits per heavy atom. The molecule has 6 nitrogen and oxygen atoms in total. The second-order valence-corrected chi connectivity index (χ2v) is 3.98. The molecule has 0 aromatic rings. The van der Waals surface area contributed by atoms with Crippen molar-refractivity contribution in [3.05, 3.63) is 0 Å². The monoisotopic (exact) mass is 295 g/mol. The van der Waals surface area contributed by atoms with Crippen molar-refractivity contribution in [2.24, 2.45) is 5.41 Å². The van der Waals surface area contributed by atoms with Gasteiger partial charge in [0.2, 0.25) is 5.91 Å². The molecule has 0 fully saturated rings. The van der Waals surface area contributed by atoms with Gasteiger partial charge in [0.1, 0.15) is 6.10 Å². The second kappa shape index (κ2) is 10.5. The summed E-state index contributed by atoms with van der Waals surface area (Å²) < 4.78 is 0. The van der Waals surface area contributed by atoms with Crippen LogP contribution in [0.1, 0.15) is 20.3 Å². The minimum absolute atomic E-state index is 0. The van der Waals surface area contributed by atoms with Crippen LogP contribution >= 0.6 is 9.90 Å². The molecule has 0 bridgehead atoms. The number of hydrogen-bond donors (Lipinski definition) is 4. The van der Waals surface area contributed by atoms with Crippen LogP contribution in [0.3, 0.4) is 0 Å². The third-order valence-corrected chi connectivity index (χ3v) is 2.03. The first-order valence-electron chi connectivity index (χ1n) is 4.59. The molecule has 0 rings (SSSR count). The number of amides is 1. The number of rotatable bonds is 6. The molecule has 0 saturated heterocycles. The van der Waals surface area contributed by atoms with E-state index in [1.165, 1.54) is 13.8 Å². The van der Waals surface area contributed by atoms with Crippen molar-refractivity contribution in [3.63, 3.8) is 0 Å². The molecule has 4 N–H and O–H groups in total. The predicted molar refractivity (Wildman–Crippen MR) is 71.8 cm³/mol. The van der Waals surface area contributed by atoms with Crippen molar-refractivity contribution < 1.29 is 24.9 Å². The summed E-state index contributed by atoms with van der Waals surface area (Å²) in [5.41, 5.74) is -0.937. The van der Waals surface area contributed by atoms with E-state index in [0.717, 1.165) is 0 Å². The summed E-state index contributed by atoms with van der Waals surface area (Å²) >= 11 is 0. The van der Waals surface area contributed by atoms with Gasteiger partial charge in [-0.1, -0.05) is 13.8 Å². The number of carboxylic acid groups (broad SMARTS) is 1. The molecule has 0 radical (unpaired) electrons. The number of aliphatic carboxylic acids is 1.